The molecule has 1 N–H and O–H groups in total. The molecule has 2 aromatic rings. The summed E-state index contributed by atoms with van der Waals surface area (Å²) in [5.74, 6) is 1.88. The molecule has 1 aliphatic heterocycles. The van der Waals surface area contributed by atoms with Crippen LogP contribution in [0.5, 0.6) is 0 Å². The van der Waals surface area contributed by atoms with E-state index in [-0.39, 0.29) is 11.8 Å². The van der Waals surface area contributed by atoms with Gasteiger partial charge in [-0.2, -0.15) is 0 Å². The molecule has 1 aromatic carbocycles. The average Bonchev–Trinajstić information content (AvgIpc) is 2.67. The molecule has 144 valence electrons. The number of benzene rings is 1. The molecule has 1 amide bonds. The van der Waals surface area contributed by atoms with Crippen LogP contribution < -0.4 is 5.32 Å². The first-order valence-electron chi connectivity index (χ1n) is 9.36. The monoisotopic (exact) mass is 447 g/mol. The summed E-state index contributed by atoms with van der Waals surface area (Å²) in [5, 5.41) is 2.93. The van der Waals surface area contributed by atoms with Crippen LogP contribution in [0.15, 0.2) is 45.9 Å². The maximum atomic E-state index is 12.4. The summed E-state index contributed by atoms with van der Waals surface area (Å²) in [6, 6.07) is 10.4. The normalized spacial score (nSPS) is 15.7. The number of rotatable bonds is 6. The Morgan fingerprint density at radius 2 is 2.00 bits per heavy atom. The van der Waals surface area contributed by atoms with Gasteiger partial charge < -0.3 is 10.2 Å². The fraction of sp³-hybridized carbons (Fsp3) is 0.429. The van der Waals surface area contributed by atoms with Gasteiger partial charge in [-0.15, -0.1) is 11.8 Å². The van der Waals surface area contributed by atoms with E-state index in [0.29, 0.717) is 5.82 Å². The van der Waals surface area contributed by atoms with Gasteiger partial charge in [-0.25, -0.2) is 4.98 Å². The smallest absolute Gasteiger partial charge is 0.228 e. The minimum atomic E-state index is 0.0825. The number of carbonyl (C=O) groups excluding carboxylic acids is 1. The van der Waals surface area contributed by atoms with E-state index in [2.05, 4.69) is 63.2 Å². The van der Waals surface area contributed by atoms with Gasteiger partial charge in [-0.05, 0) is 91.1 Å². The van der Waals surface area contributed by atoms with Crippen molar-refractivity contribution in [2.24, 2.45) is 5.92 Å². The molecule has 1 aromatic heterocycles. The SMILES string of the molecule is Cc1ccc(SCCN2CCC(C(=O)Nc3ccc(Br)cn3)CC2)cc1C. The highest BCUT2D eigenvalue weighted by molar-refractivity contribution is 9.10. The second kappa shape index (κ2) is 9.71. The topological polar surface area (TPSA) is 45.2 Å². The van der Waals surface area contributed by atoms with Gasteiger partial charge >= 0.3 is 0 Å². The zero-order valence-corrected chi connectivity index (χ0v) is 18.3. The van der Waals surface area contributed by atoms with Crippen molar-refractivity contribution < 1.29 is 4.79 Å². The van der Waals surface area contributed by atoms with E-state index in [4.69, 9.17) is 0 Å². The molecule has 0 spiro atoms. The molecular weight excluding hydrogens is 422 g/mol. The quantitative estimate of drug-likeness (QED) is 0.639. The first kappa shape index (κ1) is 20.4. The van der Waals surface area contributed by atoms with E-state index in [1.54, 1.807) is 6.20 Å². The molecule has 2 heterocycles. The number of anilines is 1. The highest BCUT2D eigenvalue weighted by atomic mass is 79.9. The number of aryl methyl sites for hydroxylation is 2. The molecule has 6 heteroatoms. The Kier molecular flexibility index (Phi) is 7.33. The lowest BCUT2D eigenvalue weighted by molar-refractivity contribution is -0.121. The maximum absolute atomic E-state index is 12.4. The number of piperidine rings is 1. The number of aromatic nitrogens is 1. The fourth-order valence-corrected chi connectivity index (χ4v) is 4.44. The van der Waals surface area contributed by atoms with Crippen molar-refractivity contribution in [1.29, 1.82) is 0 Å². The summed E-state index contributed by atoms with van der Waals surface area (Å²) in [7, 11) is 0. The summed E-state index contributed by atoms with van der Waals surface area (Å²) >= 11 is 5.27. The van der Waals surface area contributed by atoms with Gasteiger partial charge in [0.05, 0.1) is 0 Å². The minimum Gasteiger partial charge on any atom is -0.310 e. The minimum absolute atomic E-state index is 0.0825. The van der Waals surface area contributed by atoms with Gasteiger partial charge in [-0.1, -0.05) is 6.07 Å². The van der Waals surface area contributed by atoms with Gasteiger partial charge in [-0.3, -0.25) is 4.79 Å². The van der Waals surface area contributed by atoms with Crippen LogP contribution in [0.1, 0.15) is 24.0 Å². The van der Waals surface area contributed by atoms with Crippen LogP contribution >= 0.6 is 27.7 Å². The van der Waals surface area contributed by atoms with Crippen LogP contribution in [0.3, 0.4) is 0 Å². The lowest BCUT2D eigenvalue weighted by Gasteiger charge is -2.31. The Bertz CT molecular complexity index is 773. The van der Waals surface area contributed by atoms with E-state index in [9.17, 15) is 4.79 Å². The summed E-state index contributed by atoms with van der Waals surface area (Å²) < 4.78 is 0.910. The first-order chi connectivity index (χ1) is 13.0. The van der Waals surface area contributed by atoms with Crippen molar-refractivity contribution in [3.8, 4) is 0 Å². The highest BCUT2D eigenvalue weighted by Crippen LogP contribution is 2.23. The first-order valence-corrected chi connectivity index (χ1v) is 11.1. The number of halogens is 1. The third kappa shape index (κ3) is 6.06. The average molecular weight is 448 g/mol. The predicted molar refractivity (Wildman–Crippen MR) is 116 cm³/mol. The van der Waals surface area contributed by atoms with Gasteiger partial charge in [0.15, 0.2) is 0 Å². The van der Waals surface area contributed by atoms with Crippen LogP contribution in [0, 0.1) is 19.8 Å². The molecule has 0 atom stereocenters. The molecule has 0 radical (unpaired) electrons. The van der Waals surface area contributed by atoms with Gasteiger partial charge in [0.25, 0.3) is 0 Å². The van der Waals surface area contributed by atoms with E-state index >= 15 is 0 Å². The van der Waals surface area contributed by atoms with Crippen LogP contribution in [0.4, 0.5) is 5.82 Å². The molecule has 1 fully saturated rings. The van der Waals surface area contributed by atoms with Gasteiger partial charge in [0.2, 0.25) is 5.91 Å². The Morgan fingerprint density at radius 1 is 1.22 bits per heavy atom. The van der Waals surface area contributed by atoms with Crippen molar-refractivity contribution >= 4 is 39.4 Å². The number of likely N-dealkylation sites (tertiary alicyclic amines) is 1. The standard InChI is InChI=1S/C21H26BrN3OS/c1-15-3-5-19(13-16(15)2)27-12-11-25-9-7-17(8-10-25)21(26)24-20-6-4-18(22)14-23-20/h3-6,13-14,17H,7-12H2,1-2H3,(H,23,24,26). The highest BCUT2D eigenvalue weighted by Gasteiger charge is 2.25. The third-order valence-corrected chi connectivity index (χ3v) is 6.53. The second-order valence-electron chi connectivity index (χ2n) is 7.06. The number of hydrogen-bond acceptors (Lipinski definition) is 4. The van der Waals surface area contributed by atoms with E-state index in [1.165, 1.54) is 16.0 Å². The third-order valence-electron chi connectivity index (χ3n) is 5.09. The predicted octanol–water partition coefficient (Wildman–Crippen LogP) is 4.90. The Balaban J connectivity index is 1.38. The molecule has 0 saturated carbocycles. The van der Waals surface area contributed by atoms with Gasteiger partial charge in [0, 0.05) is 33.8 Å². The maximum Gasteiger partial charge on any atom is 0.228 e. The van der Waals surface area contributed by atoms with Gasteiger partial charge in [0.1, 0.15) is 5.82 Å². The number of amides is 1. The van der Waals surface area contributed by atoms with E-state index in [0.717, 1.165) is 42.7 Å². The van der Waals surface area contributed by atoms with Crippen molar-refractivity contribution in [2.75, 3.05) is 30.7 Å². The van der Waals surface area contributed by atoms with Crippen molar-refractivity contribution in [2.45, 2.75) is 31.6 Å². The molecule has 0 bridgehead atoms. The summed E-state index contributed by atoms with van der Waals surface area (Å²) in [6.07, 6.45) is 3.53. The summed E-state index contributed by atoms with van der Waals surface area (Å²) in [5.41, 5.74) is 2.70. The van der Waals surface area contributed by atoms with Crippen LogP contribution in [-0.4, -0.2) is 41.2 Å². The van der Waals surface area contributed by atoms with E-state index in [1.807, 2.05) is 23.9 Å². The molecule has 0 unspecified atom stereocenters. The zero-order chi connectivity index (χ0) is 19.2. The number of nitrogens with one attached hydrogen (secondary N) is 1. The lowest BCUT2D eigenvalue weighted by atomic mass is 9.96. The Hall–Kier alpha value is -1.37. The molecule has 1 aliphatic rings. The molecule has 1 saturated heterocycles. The van der Waals surface area contributed by atoms with Crippen LogP contribution in [-0.2, 0) is 4.79 Å². The Labute approximate surface area is 174 Å². The van der Waals surface area contributed by atoms with Crippen molar-refractivity contribution in [1.82, 2.24) is 9.88 Å². The number of nitrogens with zero attached hydrogens (tertiary/aromatic N) is 2. The molecule has 4 nitrogen and oxygen atoms in total. The summed E-state index contributed by atoms with van der Waals surface area (Å²) in [6.45, 7) is 7.36. The lowest BCUT2D eigenvalue weighted by Crippen LogP contribution is -2.39. The van der Waals surface area contributed by atoms with Crippen LogP contribution in [0.2, 0.25) is 0 Å². The number of carbonyl (C=O) groups is 1. The fourth-order valence-electron chi connectivity index (χ4n) is 3.19. The summed E-state index contributed by atoms with van der Waals surface area (Å²) in [4.78, 5) is 20.5. The molecule has 27 heavy (non-hydrogen) atoms. The molecule has 0 aliphatic carbocycles. The second-order valence-corrected chi connectivity index (χ2v) is 9.15. The number of hydrogen-bond donors (Lipinski definition) is 1. The molecular formula is C21H26BrN3OS. The largest absolute Gasteiger partial charge is 0.310 e. The number of thioether (sulfide) groups is 1. The van der Waals surface area contributed by atoms with Crippen molar-refractivity contribution in [3.05, 3.63) is 52.1 Å². The van der Waals surface area contributed by atoms with Crippen molar-refractivity contribution in [3.63, 3.8) is 0 Å². The van der Waals surface area contributed by atoms with Crippen LogP contribution in [0.25, 0.3) is 0 Å². The Morgan fingerprint density at radius 3 is 2.67 bits per heavy atom. The number of pyridine rings is 1. The molecule has 3 rings (SSSR count). The van der Waals surface area contributed by atoms with E-state index < -0.39 is 0 Å². The zero-order valence-electron chi connectivity index (χ0n) is 15.9.